The van der Waals surface area contributed by atoms with Crippen molar-refractivity contribution in [1.82, 2.24) is 0 Å². The molecule has 4 heteroatoms. The van der Waals surface area contributed by atoms with Gasteiger partial charge in [0.2, 0.25) is 0 Å². The maximum atomic E-state index is 2.26. The van der Waals surface area contributed by atoms with E-state index in [2.05, 4.69) is 124 Å². The molecule has 6 rings (SSSR count). The Morgan fingerprint density at radius 1 is 0.529 bits per heavy atom. The van der Waals surface area contributed by atoms with Gasteiger partial charge >= 0.3 is 21.7 Å². The maximum Gasteiger partial charge on any atom is 4.00 e. The quantitative estimate of drug-likeness (QED) is 0.207. The molecule has 171 valence electrons. The Hall–Kier alpha value is -1.87. The second kappa shape index (κ2) is 13.9. The van der Waals surface area contributed by atoms with Crippen LogP contribution in [0.2, 0.25) is 13.1 Å². The van der Waals surface area contributed by atoms with Crippen LogP contribution in [0, 0.1) is 13.8 Å². The van der Waals surface area contributed by atoms with Gasteiger partial charge in [0.05, 0.1) is 0 Å². The summed E-state index contributed by atoms with van der Waals surface area (Å²) in [6, 6.07) is 34.9. The standard InChI is InChI=1S/2C14H11.C2H7Si.2ClH.Ti/c2*1-10-8-12-7-6-11-4-2-3-5-13(11)14(12)9-10;1-3-2;;;/h2*2-9H,1H3;3H,1-2H3;2*1H;/q2*-1;;;;+4/p-2. The zero-order valence-corrected chi connectivity index (χ0v) is 24.3. The fourth-order valence-electron chi connectivity index (χ4n) is 4.23. The van der Waals surface area contributed by atoms with E-state index in [4.69, 9.17) is 0 Å². The Labute approximate surface area is 233 Å². The van der Waals surface area contributed by atoms with Crippen molar-refractivity contribution in [3.05, 3.63) is 108 Å². The molecule has 6 aromatic rings. The molecule has 6 aromatic carbocycles. The molecule has 0 saturated heterocycles. The Morgan fingerprint density at radius 3 is 1.24 bits per heavy atom. The largest absolute Gasteiger partial charge is 4.00 e. The Morgan fingerprint density at radius 2 is 0.853 bits per heavy atom. The van der Waals surface area contributed by atoms with E-state index in [-0.39, 0.29) is 46.5 Å². The summed E-state index contributed by atoms with van der Waals surface area (Å²) in [6.07, 6.45) is 0. The maximum absolute atomic E-state index is 2.26. The number of halogens is 2. The summed E-state index contributed by atoms with van der Waals surface area (Å²) in [5.41, 5.74) is 2.69. The van der Waals surface area contributed by atoms with Crippen molar-refractivity contribution in [2.45, 2.75) is 26.9 Å². The molecule has 0 fully saturated rings. The summed E-state index contributed by atoms with van der Waals surface area (Å²) in [7, 11) is 0.750. The minimum absolute atomic E-state index is 0. The summed E-state index contributed by atoms with van der Waals surface area (Å²) < 4.78 is 0. The fourth-order valence-corrected chi connectivity index (χ4v) is 4.23. The molecule has 0 saturated carbocycles. The molecule has 0 atom stereocenters. The molecule has 0 spiro atoms. The van der Waals surface area contributed by atoms with Gasteiger partial charge in [-0.3, -0.25) is 0 Å². The number of hydrogen-bond acceptors (Lipinski definition) is 0. The summed E-state index contributed by atoms with van der Waals surface area (Å²) in [4.78, 5) is 0. The van der Waals surface area contributed by atoms with Crippen LogP contribution in [0.4, 0.5) is 0 Å². The smallest absolute Gasteiger partial charge is 1.00 e. The third kappa shape index (κ3) is 6.62. The predicted molar refractivity (Wildman–Crippen MR) is 142 cm³/mol. The summed E-state index contributed by atoms with van der Waals surface area (Å²) in [6.45, 7) is 8.71. The van der Waals surface area contributed by atoms with E-state index in [1.54, 1.807) is 0 Å². The average molecular weight is 536 g/mol. The number of fused-ring (bicyclic) bond motifs is 6. The van der Waals surface area contributed by atoms with Gasteiger partial charge in [-0.05, 0) is 0 Å². The molecular formula is C30H29Cl2SiTi. The van der Waals surface area contributed by atoms with E-state index in [0.717, 1.165) is 9.52 Å². The van der Waals surface area contributed by atoms with E-state index in [0.29, 0.717) is 0 Å². The van der Waals surface area contributed by atoms with Gasteiger partial charge in [0.25, 0.3) is 0 Å². The molecule has 0 N–H and O–H groups in total. The molecular weight excluding hydrogens is 507 g/mol. The predicted octanol–water partition coefficient (Wildman–Crippen LogP) is 2.57. The van der Waals surface area contributed by atoms with Gasteiger partial charge in [-0.1, -0.05) is 109 Å². The first-order valence-corrected chi connectivity index (χ1v) is 13.2. The van der Waals surface area contributed by atoms with Crippen LogP contribution in [0.15, 0.2) is 97.1 Å². The first-order chi connectivity index (χ1) is 15.1. The van der Waals surface area contributed by atoms with E-state index in [1.807, 2.05) is 0 Å². The van der Waals surface area contributed by atoms with E-state index in [1.165, 1.54) is 54.2 Å². The third-order valence-electron chi connectivity index (χ3n) is 5.52. The van der Waals surface area contributed by atoms with Gasteiger partial charge in [0.1, 0.15) is 0 Å². The molecule has 0 aromatic heterocycles. The molecule has 1 radical (unpaired) electrons. The van der Waals surface area contributed by atoms with Crippen molar-refractivity contribution in [2.75, 3.05) is 0 Å². The van der Waals surface area contributed by atoms with E-state index < -0.39 is 0 Å². The first-order valence-electron chi connectivity index (χ1n) is 10.9. The molecule has 0 aliphatic carbocycles. The van der Waals surface area contributed by atoms with Crippen LogP contribution in [0.25, 0.3) is 43.1 Å². The number of hydrogen-bond donors (Lipinski definition) is 0. The normalized spacial score (nSPS) is 9.76. The molecule has 0 aliphatic heterocycles. The summed E-state index contributed by atoms with van der Waals surface area (Å²) in [5, 5.41) is 10.8. The van der Waals surface area contributed by atoms with Gasteiger partial charge in [-0.15, -0.1) is 56.9 Å². The fraction of sp³-hybridized carbons (Fsp3) is 0.133. The minimum atomic E-state index is 0. The molecule has 0 bridgehead atoms. The van der Waals surface area contributed by atoms with Gasteiger partial charge < -0.3 is 24.8 Å². The monoisotopic (exact) mass is 535 g/mol. The Bertz CT molecular complexity index is 1350. The Kier molecular flexibility index (Phi) is 12.3. The Balaban J connectivity index is 0.000000283. The van der Waals surface area contributed by atoms with Crippen molar-refractivity contribution in [3.8, 4) is 0 Å². The topological polar surface area (TPSA) is 0 Å². The second-order valence-electron chi connectivity index (χ2n) is 8.22. The van der Waals surface area contributed by atoms with Crippen LogP contribution in [0.3, 0.4) is 0 Å². The van der Waals surface area contributed by atoms with E-state index in [9.17, 15) is 0 Å². The van der Waals surface area contributed by atoms with Crippen LogP contribution in [-0.4, -0.2) is 9.52 Å². The minimum Gasteiger partial charge on any atom is -1.00 e. The summed E-state index contributed by atoms with van der Waals surface area (Å²) >= 11 is 0. The molecule has 34 heavy (non-hydrogen) atoms. The van der Waals surface area contributed by atoms with Crippen LogP contribution < -0.4 is 24.8 Å². The van der Waals surface area contributed by atoms with Crippen LogP contribution in [0.5, 0.6) is 0 Å². The van der Waals surface area contributed by atoms with Gasteiger partial charge in [-0.25, -0.2) is 0 Å². The molecule has 0 heterocycles. The number of aryl methyl sites for hydroxylation is 2. The summed E-state index contributed by atoms with van der Waals surface area (Å²) in [5.74, 6) is 0. The van der Waals surface area contributed by atoms with Crippen LogP contribution in [-0.2, 0) is 21.7 Å². The van der Waals surface area contributed by atoms with Crippen molar-refractivity contribution >= 4 is 52.6 Å². The number of benzene rings is 4. The van der Waals surface area contributed by atoms with Crippen molar-refractivity contribution in [3.63, 3.8) is 0 Å². The zero-order valence-electron chi connectivity index (χ0n) is 20.1. The van der Waals surface area contributed by atoms with E-state index >= 15 is 0 Å². The van der Waals surface area contributed by atoms with Crippen LogP contribution >= 0.6 is 0 Å². The van der Waals surface area contributed by atoms with Crippen LogP contribution in [0.1, 0.15) is 11.1 Å². The number of rotatable bonds is 0. The van der Waals surface area contributed by atoms with Gasteiger partial charge in [-0.2, -0.15) is 12.1 Å². The molecule has 0 unspecified atom stereocenters. The average Bonchev–Trinajstić information content (AvgIpc) is 3.36. The second-order valence-corrected chi connectivity index (χ2v) is 9.38. The molecule has 0 aliphatic rings. The zero-order chi connectivity index (χ0) is 21.8. The molecule has 0 nitrogen and oxygen atoms in total. The third-order valence-corrected chi connectivity index (χ3v) is 5.52. The molecule has 0 amide bonds. The van der Waals surface area contributed by atoms with Crippen molar-refractivity contribution < 1.29 is 46.5 Å². The van der Waals surface area contributed by atoms with Crippen molar-refractivity contribution in [1.29, 1.82) is 0 Å². The van der Waals surface area contributed by atoms with Gasteiger partial charge in [0, 0.05) is 9.52 Å². The first kappa shape index (κ1) is 30.2. The van der Waals surface area contributed by atoms with Crippen molar-refractivity contribution in [2.24, 2.45) is 0 Å². The van der Waals surface area contributed by atoms with Gasteiger partial charge in [0.15, 0.2) is 0 Å². The SMILES string of the molecule is C[SiH]C.Cc1cc2ccc3ccccc3c2[cH-]1.Cc1cc2ccc3ccccc3c2[cH-]1.[Cl-].[Cl-].[Ti+4].